The zero-order chi connectivity index (χ0) is 15.1. The van der Waals surface area contributed by atoms with E-state index in [1.54, 1.807) is 0 Å². The number of carbonyl (C=O) groups is 1. The summed E-state index contributed by atoms with van der Waals surface area (Å²) in [5.74, 6) is -5.25. The number of aromatic nitrogens is 2. The van der Waals surface area contributed by atoms with Crippen LogP contribution in [0.4, 0.5) is 17.6 Å². The minimum atomic E-state index is -4.18. The highest BCUT2D eigenvalue weighted by molar-refractivity contribution is 5.92. The van der Waals surface area contributed by atoms with E-state index in [1.165, 1.54) is 25.1 Å². The number of aromatic carboxylic acids is 1. The monoisotopic (exact) mass is 290 g/mol. The number of carboxylic acids is 1. The molecule has 0 atom stereocenters. The third kappa shape index (κ3) is 2.45. The second-order valence-electron chi connectivity index (χ2n) is 4.32. The molecule has 0 fully saturated rings. The molecular formula is C12H10F4N2O2. The van der Waals surface area contributed by atoms with Crippen LogP contribution in [0.1, 0.15) is 16.2 Å². The van der Waals surface area contributed by atoms with Crippen LogP contribution in [0.15, 0.2) is 18.2 Å². The van der Waals surface area contributed by atoms with Gasteiger partial charge in [-0.15, -0.1) is 0 Å². The first kappa shape index (κ1) is 14.3. The van der Waals surface area contributed by atoms with Crippen molar-refractivity contribution in [3.05, 3.63) is 29.6 Å². The molecule has 2 aromatic rings. The van der Waals surface area contributed by atoms with E-state index in [4.69, 9.17) is 5.11 Å². The summed E-state index contributed by atoms with van der Waals surface area (Å²) in [5, 5.41) is 8.83. The smallest absolute Gasteiger partial charge is 0.335 e. The Morgan fingerprint density at radius 2 is 2.10 bits per heavy atom. The van der Waals surface area contributed by atoms with E-state index in [2.05, 4.69) is 4.98 Å². The number of fused-ring (bicyclic) bond motifs is 1. The van der Waals surface area contributed by atoms with Crippen LogP contribution in [-0.4, -0.2) is 33.0 Å². The molecule has 0 aliphatic heterocycles. The van der Waals surface area contributed by atoms with Crippen molar-refractivity contribution in [1.82, 2.24) is 9.55 Å². The number of benzene rings is 1. The van der Waals surface area contributed by atoms with Crippen LogP contribution < -0.4 is 0 Å². The van der Waals surface area contributed by atoms with Gasteiger partial charge in [0.05, 0.1) is 23.1 Å². The summed E-state index contributed by atoms with van der Waals surface area (Å²) in [5.41, 5.74) is 0.308. The van der Waals surface area contributed by atoms with E-state index >= 15 is 0 Å². The van der Waals surface area contributed by atoms with Crippen LogP contribution in [0.5, 0.6) is 0 Å². The van der Waals surface area contributed by atoms with Gasteiger partial charge in [0.15, 0.2) is 0 Å². The maximum Gasteiger partial charge on any atom is 0.335 e. The van der Waals surface area contributed by atoms with Crippen LogP contribution in [0.3, 0.4) is 0 Å². The first-order valence-corrected chi connectivity index (χ1v) is 5.58. The van der Waals surface area contributed by atoms with Crippen molar-refractivity contribution < 1.29 is 27.5 Å². The van der Waals surface area contributed by atoms with E-state index in [0.29, 0.717) is 0 Å². The predicted molar refractivity (Wildman–Crippen MR) is 62.4 cm³/mol. The van der Waals surface area contributed by atoms with Crippen molar-refractivity contribution in [2.24, 2.45) is 0 Å². The molecule has 0 amide bonds. The van der Waals surface area contributed by atoms with Crippen molar-refractivity contribution in [3.63, 3.8) is 0 Å². The molecule has 1 N–H and O–H groups in total. The molecule has 108 valence electrons. The van der Waals surface area contributed by atoms with Gasteiger partial charge in [0.25, 0.3) is 0 Å². The Bertz CT molecular complexity index is 667. The number of aryl methyl sites for hydroxylation is 1. The molecule has 8 heteroatoms. The number of hydrogen-bond donors (Lipinski definition) is 1. The number of carboxylic acid groups (broad SMARTS) is 1. The first-order valence-electron chi connectivity index (χ1n) is 5.58. The van der Waals surface area contributed by atoms with Gasteiger partial charge in [-0.1, -0.05) is 0 Å². The van der Waals surface area contributed by atoms with Crippen molar-refractivity contribution in [3.8, 4) is 0 Å². The molecule has 0 bridgehead atoms. The maximum atomic E-state index is 13.1. The fourth-order valence-corrected chi connectivity index (χ4v) is 1.86. The Morgan fingerprint density at radius 3 is 2.65 bits per heavy atom. The number of halogens is 4. The molecule has 0 aliphatic rings. The Balaban J connectivity index is 2.49. The van der Waals surface area contributed by atoms with Crippen LogP contribution in [0.25, 0.3) is 11.0 Å². The third-order valence-corrected chi connectivity index (χ3v) is 2.87. The number of hydrogen-bond acceptors (Lipinski definition) is 2. The van der Waals surface area contributed by atoms with Crippen LogP contribution in [-0.2, 0) is 6.54 Å². The van der Waals surface area contributed by atoms with Crippen molar-refractivity contribution >= 4 is 17.0 Å². The summed E-state index contributed by atoms with van der Waals surface area (Å²) in [6, 6.07) is 3.70. The minimum Gasteiger partial charge on any atom is -0.478 e. The van der Waals surface area contributed by atoms with Gasteiger partial charge in [-0.3, -0.25) is 0 Å². The molecule has 4 nitrogen and oxygen atoms in total. The fraction of sp³-hybridized carbons (Fsp3) is 0.333. The molecule has 1 heterocycles. The van der Waals surface area contributed by atoms with E-state index in [9.17, 15) is 22.4 Å². The second kappa shape index (κ2) is 4.77. The quantitative estimate of drug-likeness (QED) is 0.881. The number of alkyl halides is 4. The average Bonchev–Trinajstić information content (AvgIpc) is 2.64. The summed E-state index contributed by atoms with van der Waals surface area (Å²) < 4.78 is 51.7. The normalized spacial score (nSPS) is 12.3. The lowest BCUT2D eigenvalue weighted by atomic mass is 10.2. The zero-order valence-corrected chi connectivity index (χ0v) is 10.3. The Labute approximate surface area is 110 Å². The SMILES string of the molecule is Cc1nc2cc(C(=O)O)ccc2n1CC(F)(F)C(F)F. The average molecular weight is 290 g/mol. The summed E-state index contributed by atoms with van der Waals surface area (Å²) in [6.45, 7) is 0.182. The van der Waals surface area contributed by atoms with Gasteiger partial charge < -0.3 is 9.67 Å². The topological polar surface area (TPSA) is 55.1 Å². The van der Waals surface area contributed by atoms with Gasteiger partial charge in [0, 0.05) is 0 Å². The molecule has 2 rings (SSSR count). The van der Waals surface area contributed by atoms with Crippen molar-refractivity contribution in [2.45, 2.75) is 25.8 Å². The highest BCUT2D eigenvalue weighted by Crippen LogP contribution is 2.28. The summed E-state index contributed by atoms with van der Waals surface area (Å²) in [4.78, 5) is 14.7. The number of nitrogens with zero attached hydrogens (tertiary/aromatic N) is 2. The van der Waals surface area contributed by atoms with E-state index in [-0.39, 0.29) is 22.4 Å². The van der Waals surface area contributed by atoms with Crippen LogP contribution in [0.2, 0.25) is 0 Å². The zero-order valence-electron chi connectivity index (χ0n) is 10.3. The largest absolute Gasteiger partial charge is 0.478 e. The lowest BCUT2D eigenvalue weighted by molar-refractivity contribution is -0.137. The molecular weight excluding hydrogens is 280 g/mol. The Hall–Kier alpha value is -2.12. The molecule has 0 saturated carbocycles. The van der Waals surface area contributed by atoms with Gasteiger partial charge in [-0.25, -0.2) is 18.6 Å². The molecule has 0 unspecified atom stereocenters. The van der Waals surface area contributed by atoms with Gasteiger partial charge in [0.2, 0.25) is 0 Å². The maximum absolute atomic E-state index is 13.1. The van der Waals surface area contributed by atoms with Gasteiger partial charge in [0.1, 0.15) is 5.82 Å². The highest BCUT2D eigenvalue weighted by atomic mass is 19.3. The lowest BCUT2D eigenvalue weighted by Gasteiger charge is -2.17. The molecule has 20 heavy (non-hydrogen) atoms. The molecule has 0 aliphatic carbocycles. The second-order valence-corrected chi connectivity index (χ2v) is 4.32. The van der Waals surface area contributed by atoms with Crippen LogP contribution >= 0.6 is 0 Å². The Morgan fingerprint density at radius 1 is 1.45 bits per heavy atom. The lowest BCUT2D eigenvalue weighted by Crippen LogP contribution is -2.32. The number of imidazole rings is 1. The minimum absolute atomic E-state index is 0.0530. The van der Waals surface area contributed by atoms with Gasteiger partial charge in [-0.05, 0) is 25.1 Å². The van der Waals surface area contributed by atoms with Gasteiger partial charge in [-0.2, -0.15) is 8.78 Å². The summed E-state index contributed by atoms with van der Waals surface area (Å²) in [7, 11) is 0. The molecule has 1 aromatic heterocycles. The van der Waals surface area contributed by atoms with Crippen molar-refractivity contribution in [2.75, 3.05) is 0 Å². The van der Waals surface area contributed by atoms with E-state index < -0.39 is 24.9 Å². The Kier molecular flexibility index (Phi) is 3.41. The van der Waals surface area contributed by atoms with E-state index in [0.717, 1.165) is 4.57 Å². The molecule has 0 saturated heterocycles. The molecule has 0 spiro atoms. The highest BCUT2D eigenvalue weighted by Gasteiger charge is 2.41. The molecule has 1 aromatic carbocycles. The fourth-order valence-electron chi connectivity index (χ4n) is 1.86. The molecule has 0 radical (unpaired) electrons. The van der Waals surface area contributed by atoms with Gasteiger partial charge >= 0.3 is 18.3 Å². The van der Waals surface area contributed by atoms with Crippen molar-refractivity contribution in [1.29, 1.82) is 0 Å². The third-order valence-electron chi connectivity index (χ3n) is 2.87. The van der Waals surface area contributed by atoms with Crippen LogP contribution in [0, 0.1) is 6.92 Å². The standard InChI is InChI=1S/C12H10F4N2O2/c1-6-17-8-4-7(10(19)20)2-3-9(8)18(6)5-12(15,16)11(13)14/h2-4,11H,5H2,1H3,(H,19,20). The summed E-state index contributed by atoms with van der Waals surface area (Å²) in [6.07, 6.45) is -3.78. The first-order chi connectivity index (χ1) is 9.22. The predicted octanol–water partition coefficient (Wildman–Crippen LogP) is 2.94. The number of rotatable bonds is 4. The summed E-state index contributed by atoms with van der Waals surface area (Å²) >= 11 is 0. The van der Waals surface area contributed by atoms with E-state index in [1.807, 2.05) is 0 Å².